The van der Waals surface area contributed by atoms with Gasteiger partial charge in [-0.15, -0.1) is 0 Å². The third-order valence-electron chi connectivity index (χ3n) is 4.08. The number of ether oxygens (including phenoxy) is 2. The van der Waals surface area contributed by atoms with Gasteiger partial charge in [-0.3, -0.25) is 9.59 Å². The summed E-state index contributed by atoms with van der Waals surface area (Å²) in [6.45, 7) is 2.33. The lowest BCUT2D eigenvalue weighted by Crippen LogP contribution is -2.27. The van der Waals surface area contributed by atoms with Crippen molar-refractivity contribution in [3.05, 3.63) is 54.1 Å². The predicted molar refractivity (Wildman–Crippen MR) is 90.3 cm³/mol. The standard InChI is InChI=1S/C19H19NO4/c1-13-3-5-15(6-4-13)20-12-14(11-18(20)21)19(22)24-17-9-7-16(23-2)8-10-17/h3-10,14H,11-12H2,1-2H3/t14-/m0/s1. The molecule has 1 saturated heterocycles. The summed E-state index contributed by atoms with van der Waals surface area (Å²) < 4.78 is 10.4. The van der Waals surface area contributed by atoms with Gasteiger partial charge in [0.15, 0.2) is 0 Å². The quantitative estimate of drug-likeness (QED) is 0.640. The molecule has 0 N–H and O–H groups in total. The van der Waals surface area contributed by atoms with Crippen molar-refractivity contribution in [2.75, 3.05) is 18.6 Å². The Hall–Kier alpha value is -2.82. The summed E-state index contributed by atoms with van der Waals surface area (Å²) in [5, 5.41) is 0. The maximum Gasteiger partial charge on any atom is 0.316 e. The molecule has 5 nitrogen and oxygen atoms in total. The Morgan fingerprint density at radius 3 is 2.29 bits per heavy atom. The predicted octanol–water partition coefficient (Wildman–Crippen LogP) is 2.96. The summed E-state index contributed by atoms with van der Waals surface area (Å²) >= 11 is 0. The van der Waals surface area contributed by atoms with E-state index in [-0.39, 0.29) is 18.3 Å². The fourth-order valence-electron chi connectivity index (χ4n) is 2.68. The van der Waals surface area contributed by atoms with Crippen molar-refractivity contribution in [1.29, 1.82) is 0 Å². The van der Waals surface area contributed by atoms with Gasteiger partial charge in [0, 0.05) is 18.7 Å². The molecule has 3 rings (SSSR count). The van der Waals surface area contributed by atoms with Gasteiger partial charge in [-0.2, -0.15) is 0 Å². The number of esters is 1. The second-order valence-electron chi connectivity index (χ2n) is 5.84. The number of anilines is 1. The van der Waals surface area contributed by atoms with Gasteiger partial charge >= 0.3 is 5.97 Å². The van der Waals surface area contributed by atoms with Crippen LogP contribution in [0.5, 0.6) is 11.5 Å². The van der Waals surface area contributed by atoms with Gasteiger partial charge in [0.1, 0.15) is 11.5 Å². The SMILES string of the molecule is COc1ccc(OC(=O)[C@H]2CC(=O)N(c3ccc(C)cc3)C2)cc1. The van der Waals surface area contributed by atoms with Crippen molar-refractivity contribution in [2.24, 2.45) is 5.92 Å². The fourth-order valence-corrected chi connectivity index (χ4v) is 2.68. The van der Waals surface area contributed by atoms with Gasteiger partial charge in [0.25, 0.3) is 0 Å². The average Bonchev–Trinajstić information content (AvgIpc) is 2.98. The number of benzene rings is 2. The van der Waals surface area contributed by atoms with Crippen LogP contribution in [0.25, 0.3) is 0 Å². The molecule has 0 aliphatic carbocycles. The Labute approximate surface area is 140 Å². The molecule has 2 aromatic rings. The summed E-state index contributed by atoms with van der Waals surface area (Å²) in [6, 6.07) is 14.5. The second kappa shape index (κ2) is 6.74. The van der Waals surface area contributed by atoms with Gasteiger partial charge in [0.2, 0.25) is 5.91 Å². The van der Waals surface area contributed by atoms with E-state index in [0.717, 1.165) is 11.3 Å². The number of methoxy groups -OCH3 is 1. The van der Waals surface area contributed by atoms with Crippen molar-refractivity contribution < 1.29 is 19.1 Å². The molecule has 0 spiro atoms. The van der Waals surface area contributed by atoms with E-state index < -0.39 is 5.92 Å². The molecule has 1 atom stereocenters. The number of amides is 1. The molecule has 2 aromatic carbocycles. The molecule has 0 aromatic heterocycles. The lowest BCUT2D eigenvalue weighted by molar-refractivity contribution is -0.139. The van der Waals surface area contributed by atoms with Crippen LogP contribution < -0.4 is 14.4 Å². The largest absolute Gasteiger partial charge is 0.497 e. The van der Waals surface area contributed by atoms with E-state index in [1.165, 1.54) is 0 Å². The monoisotopic (exact) mass is 325 g/mol. The van der Waals surface area contributed by atoms with E-state index in [1.54, 1.807) is 36.3 Å². The van der Waals surface area contributed by atoms with Crippen LogP contribution in [0.3, 0.4) is 0 Å². The maximum absolute atomic E-state index is 12.3. The van der Waals surface area contributed by atoms with Crippen LogP contribution in [0, 0.1) is 12.8 Å². The minimum atomic E-state index is -0.457. The smallest absolute Gasteiger partial charge is 0.316 e. The zero-order valence-corrected chi connectivity index (χ0v) is 13.7. The van der Waals surface area contributed by atoms with E-state index in [4.69, 9.17) is 9.47 Å². The number of carbonyl (C=O) groups excluding carboxylic acids is 2. The molecule has 124 valence electrons. The van der Waals surface area contributed by atoms with E-state index in [1.807, 2.05) is 31.2 Å². The van der Waals surface area contributed by atoms with E-state index in [0.29, 0.717) is 18.0 Å². The van der Waals surface area contributed by atoms with E-state index >= 15 is 0 Å². The van der Waals surface area contributed by atoms with Gasteiger partial charge in [-0.25, -0.2) is 0 Å². The van der Waals surface area contributed by atoms with Crippen LogP contribution in [0.2, 0.25) is 0 Å². The Balaban J connectivity index is 1.66. The third-order valence-corrected chi connectivity index (χ3v) is 4.08. The molecular formula is C19H19NO4. The summed E-state index contributed by atoms with van der Waals surface area (Å²) in [6.07, 6.45) is 0.170. The first-order valence-corrected chi connectivity index (χ1v) is 7.79. The minimum absolute atomic E-state index is 0.0597. The van der Waals surface area contributed by atoms with Crippen molar-refractivity contribution >= 4 is 17.6 Å². The van der Waals surface area contributed by atoms with Gasteiger partial charge in [0.05, 0.1) is 13.0 Å². The number of hydrogen-bond acceptors (Lipinski definition) is 4. The zero-order chi connectivity index (χ0) is 17.1. The number of hydrogen-bond donors (Lipinski definition) is 0. The molecule has 1 aliphatic rings. The summed E-state index contributed by atoms with van der Waals surface area (Å²) in [5.74, 6) is 0.234. The molecular weight excluding hydrogens is 306 g/mol. The minimum Gasteiger partial charge on any atom is -0.497 e. The molecule has 1 aliphatic heterocycles. The van der Waals surface area contributed by atoms with Gasteiger partial charge in [-0.1, -0.05) is 17.7 Å². The van der Waals surface area contributed by atoms with Crippen LogP contribution in [-0.4, -0.2) is 25.5 Å². The first kappa shape index (κ1) is 16.1. The normalized spacial score (nSPS) is 17.0. The zero-order valence-electron chi connectivity index (χ0n) is 13.7. The highest BCUT2D eigenvalue weighted by Crippen LogP contribution is 2.27. The molecule has 1 fully saturated rings. The second-order valence-corrected chi connectivity index (χ2v) is 5.84. The maximum atomic E-state index is 12.3. The molecule has 5 heteroatoms. The summed E-state index contributed by atoms with van der Waals surface area (Å²) in [7, 11) is 1.57. The first-order chi connectivity index (χ1) is 11.6. The van der Waals surface area contributed by atoms with Crippen molar-refractivity contribution in [2.45, 2.75) is 13.3 Å². The Morgan fingerprint density at radius 2 is 1.67 bits per heavy atom. The van der Waals surface area contributed by atoms with Gasteiger partial charge < -0.3 is 14.4 Å². The Bertz CT molecular complexity index is 737. The molecule has 1 amide bonds. The lowest BCUT2D eigenvalue weighted by atomic mass is 10.1. The lowest BCUT2D eigenvalue weighted by Gasteiger charge is -2.16. The van der Waals surface area contributed by atoms with Crippen LogP contribution in [-0.2, 0) is 9.59 Å². The number of nitrogens with zero attached hydrogens (tertiary/aromatic N) is 1. The van der Waals surface area contributed by atoms with Crippen LogP contribution in [0.1, 0.15) is 12.0 Å². The van der Waals surface area contributed by atoms with E-state index in [9.17, 15) is 9.59 Å². The fraction of sp³-hybridized carbons (Fsp3) is 0.263. The van der Waals surface area contributed by atoms with Crippen molar-refractivity contribution in [3.63, 3.8) is 0 Å². The summed E-state index contributed by atoms with van der Waals surface area (Å²) in [5.41, 5.74) is 1.94. The molecule has 0 bridgehead atoms. The van der Waals surface area contributed by atoms with Crippen LogP contribution in [0.4, 0.5) is 5.69 Å². The molecule has 0 unspecified atom stereocenters. The Morgan fingerprint density at radius 1 is 1.04 bits per heavy atom. The number of rotatable bonds is 4. The van der Waals surface area contributed by atoms with E-state index in [2.05, 4.69) is 0 Å². The molecule has 24 heavy (non-hydrogen) atoms. The van der Waals surface area contributed by atoms with Crippen LogP contribution in [0.15, 0.2) is 48.5 Å². The number of aryl methyl sites for hydroxylation is 1. The first-order valence-electron chi connectivity index (χ1n) is 7.79. The van der Waals surface area contributed by atoms with Crippen LogP contribution >= 0.6 is 0 Å². The topological polar surface area (TPSA) is 55.8 Å². The molecule has 0 radical (unpaired) electrons. The van der Waals surface area contributed by atoms with Gasteiger partial charge in [-0.05, 0) is 43.3 Å². The Kier molecular flexibility index (Phi) is 4.51. The highest BCUT2D eigenvalue weighted by molar-refractivity contribution is 5.99. The summed E-state index contributed by atoms with van der Waals surface area (Å²) in [4.78, 5) is 26.2. The highest BCUT2D eigenvalue weighted by atomic mass is 16.5. The molecule has 0 saturated carbocycles. The van der Waals surface area contributed by atoms with Crippen molar-refractivity contribution in [3.8, 4) is 11.5 Å². The number of carbonyl (C=O) groups is 2. The average molecular weight is 325 g/mol. The third kappa shape index (κ3) is 3.40. The van der Waals surface area contributed by atoms with Crippen molar-refractivity contribution in [1.82, 2.24) is 0 Å². The highest BCUT2D eigenvalue weighted by Gasteiger charge is 2.36. The molecule has 1 heterocycles.